The maximum atomic E-state index is 12.7. The number of nitrogens with zero attached hydrogens (tertiary/aromatic N) is 1. The van der Waals surface area contributed by atoms with Crippen LogP contribution < -0.4 is 16.6 Å². The van der Waals surface area contributed by atoms with E-state index in [0.29, 0.717) is 13.0 Å². The number of ether oxygens (including phenoxy) is 1. The Morgan fingerprint density at radius 3 is 2.56 bits per heavy atom. The van der Waals surface area contributed by atoms with Gasteiger partial charge in [0.05, 0.1) is 6.10 Å². The third kappa shape index (κ3) is 4.25. The smallest absolute Gasteiger partial charge is 0.330 e. The zero-order valence-corrected chi connectivity index (χ0v) is 18.6. The van der Waals surface area contributed by atoms with Gasteiger partial charge in [0, 0.05) is 18.7 Å². The van der Waals surface area contributed by atoms with Crippen molar-refractivity contribution in [2.24, 2.45) is 11.8 Å². The summed E-state index contributed by atoms with van der Waals surface area (Å²) in [5.41, 5.74) is -0.258. The van der Waals surface area contributed by atoms with Gasteiger partial charge < -0.3 is 10.1 Å². The molecule has 2 aromatic carbocycles. The molecule has 32 heavy (non-hydrogen) atoms. The van der Waals surface area contributed by atoms with Gasteiger partial charge in [-0.25, -0.2) is 4.79 Å². The molecule has 1 aliphatic heterocycles. The highest BCUT2D eigenvalue weighted by Gasteiger charge is 2.39. The van der Waals surface area contributed by atoms with Crippen LogP contribution in [0.1, 0.15) is 49.3 Å². The van der Waals surface area contributed by atoms with E-state index in [0.717, 1.165) is 22.8 Å². The van der Waals surface area contributed by atoms with Crippen LogP contribution in [-0.2, 0) is 11.2 Å². The molecule has 7 nitrogen and oxygen atoms in total. The number of hydrogen-bond acceptors (Lipinski definition) is 4. The first-order valence-electron chi connectivity index (χ1n) is 11.2. The third-order valence-electron chi connectivity index (χ3n) is 6.58. The summed E-state index contributed by atoms with van der Waals surface area (Å²) < 4.78 is 7.40. The average molecular weight is 436 g/mol. The summed E-state index contributed by atoms with van der Waals surface area (Å²) in [6, 6.07) is 14.3. The minimum absolute atomic E-state index is 0.0352. The van der Waals surface area contributed by atoms with Crippen LogP contribution >= 0.6 is 0 Å². The van der Waals surface area contributed by atoms with Crippen molar-refractivity contribution >= 4 is 16.7 Å². The van der Waals surface area contributed by atoms with E-state index in [1.807, 2.05) is 32.0 Å². The van der Waals surface area contributed by atoms with Crippen molar-refractivity contribution in [3.05, 3.63) is 80.6 Å². The first kappa shape index (κ1) is 22.0. The molecule has 7 heteroatoms. The Morgan fingerprint density at radius 1 is 1.09 bits per heavy atom. The van der Waals surface area contributed by atoms with E-state index in [-0.39, 0.29) is 23.5 Å². The van der Waals surface area contributed by atoms with E-state index in [1.54, 1.807) is 0 Å². The molecule has 1 aromatic heterocycles. The number of benzene rings is 2. The first-order chi connectivity index (χ1) is 15.4. The molecule has 0 radical (unpaired) electrons. The Kier molecular flexibility index (Phi) is 6.28. The highest BCUT2D eigenvalue weighted by molar-refractivity contribution is 5.93. The number of hydrogen-bond donors (Lipinski definition) is 2. The number of H-pyrrole nitrogens is 1. The molecule has 2 N–H and O–H groups in total. The second-order valence-corrected chi connectivity index (χ2v) is 8.59. The summed E-state index contributed by atoms with van der Waals surface area (Å²) in [4.78, 5) is 39.8. The van der Waals surface area contributed by atoms with Crippen molar-refractivity contribution in [3.8, 4) is 0 Å². The van der Waals surface area contributed by atoms with Gasteiger partial charge in [0.25, 0.3) is 11.5 Å². The summed E-state index contributed by atoms with van der Waals surface area (Å²) >= 11 is 0. The van der Waals surface area contributed by atoms with Crippen molar-refractivity contribution < 1.29 is 9.53 Å². The molecular weight excluding hydrogens is 406 g/mol. The van der Waals surface area contributed by atoms with Crippen LogP contribution in [0, 0.1) is 11.8 Å². The molecule has 4 atom stereocenters. The molecular formula is C25H29N3O4. The molecule has 168 valence electrons. The van der Waals surface area contributed by atoms with E-state index in [2.05, 4.69) is 41.5 Å². The van der Waals surface area contributed by atoms with Crippen LogP contribution in [0.25, 0.3) is 10.8 Å². The van der Waals surface area contributed by atoms with Gasteiger partial charge in [0.2, 0.25) is 0 Å². The Balaban J connectivity index is 1.48. The summed E-state index contributed by atoms with van der Waals surface area (Å²) in [6.07, 6.45) is 2.32. The van der Waals surface area contributed by atoms with E-state index in [4.69, 9.17) is 4.74 Å². The number of fused-ring (bicyclic) bond motifs is 1. The van der Waals surface area contributed by atoms with Crippen LogP contribution in [0.4, 0.5) is 0 Å². The minimum atomic E-state index is -0.694. The predicted molar refractivity (Wildman–Crippen MR) is 124 cm³/mol. The molecule has 0 spiro atoms. The number of carbonyl (C=O) groups excluding carboxylic acids is 1. The summed E-state index contributed by atoms with van der Waals surface area (Å²) in [6.45, 7) is 6.53. The Morgan fingerprint density at radius 2 is 1.84 bits per heavy atom. The van der Waals surface area contributed by atoms with Gasteiger partial charge in [-0.15, -0.1) is 0 Å². The van der Waals surface area contributed by atoms with Crippen LogP contribution in [0.3, 0.4) is 0 Å². The van der Waals surface area contributed by atoms with Gasteiger partial charge in [-0.05, 0) is 35.1 Å². The number of nitrogens with one attached hydrogen (secondary N) is 2. The van der Waals surface area contributed by atoms with Crippen LogP contribution in [0.2, 0.25) is 0 Å². The summed E-state index contributed by atoms with van der Waals surface area (Å²) in [5.74, 6) is -0.165. The quantitative estimate of drug-likeness (QED) is 0.622. The molecule has 0 aliphatic carbocycles. The Labute approximate surface area is 186 Å². The fraction of sp³-hybridized carbons (Fsp3) is 0.400. The maximum Gasteiger partial charge on any atom is 0.330 e. The lowest BCUT2D eigenvalue weighted by atomic mass is 9.91. The van der Waals surface area contributed by atoms with Crippen molar-refractivity contribution in [2.75, 3.05) is 6.54 Å². The van der Waals surface area contributed by atoms with Gasteiger partial charge in [-0.1, -0.05) is 63.2 Å². The van der Waals surface area contributed by atoms with E-state index >= 15 is 0 Å². The molecule has 2 heterocycles. The lowest BCUT2D eigenvalue weighted by molar-refractivity contribution is -0.0169. The normalized spacial score (nSPS) is 22.8. The second-order valence-electron chi connectivity index (χ2n) is 8.59. The standard InChI is InChI=1S/C25H29N3O4/c1-4-21-15(2)16(3)24(32-21)28-14-20(23(30)27-25(28)31)22(29)26-12-11-17-9-10-18-7-5-6-8-19(18)13-17/h5-10,13-16,21,24H,4,11-12H2,1-3H3,(H,26,29)(H,27,30,31)/t15?,16-,21+,24+/m0/s1. The summed E-state index contributed by atoms with van der Waals surface area (Å²) in [5, 5.41) is 5.11. The predicted octanol–water partition coefficient (Wildman–Crippen LogP) is 3.24. The van der Waals surface area contributed by atoms with Crippen LogP contribution in [-0.4, -0.2) is 28.1 Å². The van der Waals surface area contributed by atoms with E-state index in [1.165, 1.54) is 10.8 Å². The van der Waals surface area contributed by atoms with E-state index < -0.39 is 23.4 Å². The Hall–Kier alpha value is -3.19. The van der Waals surface area contributed by atoms with Gasteiger partial charge in [-0.3, -0.25) is 19.1 Å². The fourth-order valence-electron chi connectivity index (χ4n) is 4.46. The van der Waals surface area contributed by atoms with Crippen LogP contribution in [0.5, 0.6) is 0 Å². The average Bonchev–Trinajstić information content (AvgIpc) is 3.07. The maximum absolute atomic E-state index is 12.7. The van der Waals surface area contributed by atoms with Crippen molar-refractivity contribution in [1.29, 1.82) is 0 Å². The molecule has 1 aliphatic rings. The number of aromatic nitrogens is 2. The zero-order valence-electron chi connectivity index (χ0n) is 18.6. The number of aromatic amines is 1. The highest BCUT2D eigenvalue weighted by Crippen LogP contribution is 2.39. The molecule has 1 saturated heterocycles. The van der Waals surface area contributed by atoms with Gasteiger partial charge in [0.15, 0.2) is 0 Å². The lowest BCUT2D eigenvalue weighted by Gasteiger charge is -2.19. The van der Waals surface area contributed by atoms with Crippen molar-refractivity contribution in [3.63, 3.8) is 0 Å². The number of rotatable bonds is 6. The zero-order chi connectivity index (χ0) is 22.8. The number of amides is 1. The van der Waals surface area contributed by atoms with Gasteiger partial charge in [0.1, 0.15) is 11.8 Å². The molecule has 1 unspecified atom stereocenters. The van der Waals surface area contributed by atoms with Crippen molar-refractivity contribution in [1.82, 2.24) is 14.9 Å². The summed E-state index contributed by atoms with van der Waals surface area (Å²) in [7, 11) is 0. The molecule has 3 aromatic rings. The largest absolute Gasteiger partial charge is 0.354 e. The van der Waals surface area contributed by atoms with E-state index in [9.17, 15) is 14.4 Å². The SMILES string of the molecule is CC[C@H]1O[C@@H](n2cc(C(=O)NCCc3ccc4ccccc4c3)c(=O)[nH]c2=O)[C@@H](C)C1C. The topological polar surface area (TPSA) is 93.2 Å². The lowest BCUT2D eigenvalue weighted by Crippen LogP contribution is -2.39. The Bertz CT molecular complexity index is 1250. The first-order valence-corrected chi connectivity index (χ1v) is 11.2. The number of carbonyl (C=O) groups is 1. The second kappa shape index (κ2) is 9.12. The minimum Gasteiger partial charge on any atom is -0.354 e. The molecule has 1 fully saturated rings. The molecule has 4 rings (SSSR count). The monoisotopic (exact) mass is 435 g/mol. The third-order valence-corrected chi connectivity index (χ3v) is 6.58. The van der Waals surface area contributed by atoms with Crippen LogP contribution in [0.15, 0.2) is 58.3 Å². The van der Waals surface area contributed by atoms with Gasteiger partial charge >= 0.3 is 5.69 Å². The highest BCUT2D eigenvalue weighted by atomic mass is 16.5. The van der Waals surface area contributed by atoms with Gasteiger partial charge in [-0.2, -0.15) is 0 Å². The molecule has 0 saturated carbocycles. The fourth-order valence-corrected chi connectivity index (χ4v) is 4.46. The molecule has 0 bridgehead atoms. The molecule has 1 amide bonds. The van der Waals surface area contributed by atoms with Crippen molar-refractivity contribution in [2.45, 2.75) is 45.9 Å².